The number of aromatic nitrogens is 2. The van der Waals surface area contributed by atoms with E-state index in [4.69, 9.17) is 0 Å². The van der Waals surface area contributed by atoms with Crippen molar-refractivity contribution in [2.24, 2.45) is 0 Å². The molecule has 0 saturated heterocycles. The molecule has 2 N–H and O–H groups in total. The van der Waals surface area contributed by atoms with Gasteiger partial charge in [-0.2, -0.15) is 0 Å². The van der Waals surface area contributed by atoms with E-state index >= 15 is 0 Å². The van der Waals surface area contributed by atoms with Gasteiger partial charge in [-0.25, -0.2) is 0 Å². The summed E-state index contributed by atoms with van der Waals surface area (Å²) in [5.41, 5.74) is 3.11. The largest absolute Gasteiger partial charge is 0.364 e. The van der Waals surface area contributed by atoms with E-state index in [-0.39, 0.29) is 22.9 Å². The van der Waals surface area contributed by atoms with Gasteiger partial charge in [-0.15, -0.1) is 0 Å². The summed E-state index contributed by atoms with van der Waals surface area (Å²) in [7, 11) is 0. The number of nitrogens with zero attached hydrogens (tertiary/aromatic N) is 2. The molecule has 8 heteroatoms. The molecule has 2 heterocycles. The van der Waals surface area contributed by atoms with Crippen LogP contribution in [0.3, 0.4) is 0 Å². The van der Waals surface area contributed by atoms with Gasteiger partial charge in [0.2, 0.25) is 13.1 Å². The monoisotopic (exact) mass is 354 g/mol. The lowest BCUT2D eigenvalue weighted by Gasteiger charge is -2.15. The Morgan fingerprint density at radius 1 is 0.731 bits per heavy atom. The van der Waals surface area contributed by atoms with Gasteiger partial charge in [0.25, 0.3) is 0 Å². The van der Waals surface area contributed by atoms with Crippen LogP contribution in [0.15, 0.2) is 60.9 Å². The Morgan fingerprint density at radius 3 is 1.38 bits per heavy atom. The van der Waals surface area contributed by atoms with E-state index in [2.05, 4.69) is 9.97 Å². The van der Waals surface area contributed by atoms with Gasteiger partial charge >= 0.3 is 0 Å². The highest BCUT2D eigenvalue weighted by molar-refractivity contribution is 5.35. The van der Waals surface area contributed by atoms with Crippen LogP contribution in [0, 0.1) is 20.2 Å². The lowest BCUT2D eigenvalue weighted by Crippen LogP contribution is -2.16. The summed E-state index contributed by atoms with van der Waals surface area (Å²) in [6, 6.07) is 14.5. The zero-order valence-electron chi connectivity index (χ0n) is 13.9. The molecule has 0 amide bonds. The minimum Gasteiger partial charge on any atom is -0.364 e. The third kappa shape index (κ3) is 3.97. The molecule has 2 unspecified atom stereocenters. The number of benzene rings is 1. The van der Waals surface area contributed by atoms with Crippen LogP contribution in [-0.2, 0) is 0 Å². The van der Waals surface area contributed by atoms with Crippen molar-refractivity contribution in [2.75, 3.05) is 13.1 Å². The zero-order valence-corrected chi connectivity index (χ0v) is 13.9. The molecule has 0 spiro atoms. The molecular formula is C18H18N4O4. The first kappa shape index (κ1) is 17.4. The molecular weight excluding hydrogens is 336 g/mol. The van der Waals surface area contributed by atoms with Crippen molar-refractivity contribution in [3.8, 4) is 0 Å². The van der Waals surface area contributed by atoms with Crippen LogP contribution in [0.2, 0.25) is 0 Å². The molecule has 0 fully saturated rings. The van der Waals surface area contributed by atoms with Gasteiger partial charge in [0.15, 0.2) is 0 Å². The van der Waals surface area contributed by atoms with Crippen molar-refractivity contribution < 1.29 is 9.85 Å². The fourth-order valence-corrected chi connectivity index (χ4v) is 3.15. The predicted octanol–water partition coefficient (Wildman–Crippen LogP) is 3.16. The van der Waals surface area contributed by atoms with Crippen molar-refractivity contribution in [1.82, 2.24) is 9.97 Å². The van der Waals surface area contributed by atoms with Crippen molar-refractivity contribution in [1.29, 1.82) is 0 Å². The summed E-state index contributed by atoms with van der Waals surface area (Å²) >= 11 is 0. The summed E-state index contributed by atoms with van der Waals surface area (Å²) in [5, 5.41) is 22.1. The number of H-pyrrole nitrogens is 2. The van der Waals surface area contributed by atoms with E-state index in [1.807, 2.05) is 12.1 Å². The van der Waals surface area contributed by atoms with E-state index in [1.54, 1.807) is 48.8 Å². The Kier molecular flexibility index (Phi) is 5.12. The average Bonchev–Trinajstić information content (AvgIpc) is 3.31. The Labute approximate surface area is 149 Å². The van der Waals surface area contributed by atoms with Gasteiger partial charge in [-0.1, -0.05) is 24.3 Å². The quantitative estimate of drug-likeness (QED) is 0.477. The molecule has 3 rings (SSSR count). The third-order valence-corrected chi connectivity index (χ3v) is 4.40. The number of hydrogen-bond donors (Lipinski definition) is 2. The Balaban J connectivity index is 1.90. The van der Waals surface area contributed by atoms with Crippen LogP contribution in [0.1, 0.15) is 34.4 Å². The molecule has 2 atom stereocenters. The Hall–Kier alpha value is -3.42. The van der Waals surface area contributed by atoms with Crippen molar-refractivity contribution in [3.63, 3.8) is 0 Å². The van der Waals surface area contributed by atoms with E-state index in [0.717, 1.165) is 22.5 Å². The van der Waals surface area contributed by atoms with E-state index in [9.17, 15) is 20.2 Å². The van der Waals surface area contributed by atoms with Crippen LogP contribution in [0.25, 0.3) is 0 Å². The van der Waals surface area contributed by atoms with E-state index < -0.39 is 11.8 Å². The minimum absolute atomic E-state index is 0.227. The number of hydrogen-bond acceptors (Lipinski definition) is 4. The molecule has 8 nitrogen and oxygen atoms in total. The molecule has 134 valence electrons. The molecule has 2 aromatic heterocycles. The lowest BCUT2D eigenvalue weighted by molar-refractivity contribution is -0.482. The van der Waals surface area contributed by atoms with Gasteiger partial charge in [0.05, 0.1) is 11.8 Å². The Morgan fingerprint density at radius 2 is 1.12 bits per heavy atom. The highest BCUT2D eigenvalue weighted by Gasteiger charge is 2.24. The van der Waals surface area contributed by atoms with Crippen LogP contribution in [0.5, 0.6) is 0 Å². The fraction of sp³-hybridized carbons (Fsp3) is 0.222. The summed E-state index contributed by atoms with van der Waals surface area (Å²) < 4.78 is 0. The SMILES string of the molecule is O=[N+]([O-])CC(c1ccc(C(C[N+](=O)[O-])c2ccc[nH]2)cc1)c1ccc[nH]1. The fourth-order valence-electron chi connectivity index (χ4n) is 3.15. The van der Waals surface area contributed by atoms with E-state index in [0.29, 0.717) is 0 Å². The van der Waals surface area contributed by atoms with Gasteiger partial charge < -0.3 is 9.97 Å². The molecule has 0 radical (unpaired) electrons. The van der Waals surface area contributed by atoms with Crippen molar-refractivity contribution >= 4 is 0 Å². The average molecular weight is 354 g/mol. The van der Waals surface area contributed by atoms with Crippen molar-refractivity contribution in [3.05, 3.63) is 104 Å². The summed E-state index contributed by atoms with van der Waals surface area (Å²) in [6.07, 6.45) is 3.46. The summed E-state index contributed by atoms with van der Waals surface area (Å²) in [4.78, 5) is 27.5. The van der Waals surface area contributed by atoms with Gasteiger partial charge in [-0.05, 0) is 35.4 Å². The second-order valence-corrected chi connectivity index (χ2v) is 6.05. The third-order valence-electron chi connectivity index (χ3n) is 4.40. The number of nitro groups is 2. The number of rotatable bonds is 8. The second-order valence-electron chi connectivity index (χ2n) is 6.05. The normalized spacial score (nSPS) is 13.2. The van der Waals surface area contributed by atoms with Crippen LogP contribution in [-0.4, -0.2) is 32.9 Å². The predicted molar refractivity (Wildman–Crippen MR) is 95.4 cm³/mol. The summed E-state index contributed by atoms with van der Waals surface area (Å²) in [5.74, 6) is -0.790. The minimum atomic E-state index is -0.395. The topological polar surface area (TPSA) is 118 Å². The van der Waals surface area contributed by atoms with Gasteiger partial charge in [0, 0.05) is 33.6 Å². The first-order chi connectivity index (χ1) is 12.5. The second kappa shape index (κ2) is 7.64. The molecule has 26 heavy (non-hydrogen) atoms. The first-order valence-electron chi connectivity index (χ1n) is 8.14. The zero-order chi connectivity index (χ0) is 18.5. The highest BCUT2D eigenvalue weighted by Crippen LogP contribution is 2.28. The molecule has 0 aliphatic carbocycles. The maximum Gasteiger partial charge on any atom is 0.216 e. The Bertz CT molecular complexity index is 784. The maximum atomic E-state index is 11.0. The van der Waals surface area contributed by atoms with Crippen LogP contribution < -0.4 is 0 Å². The van der Waals surface area contributed by atoms with Crippen molar-refractivity contribution in [2.45, 2.75) is 11.8 Å². The van der Waals surface area contributed by atoms with Crippen LogP contribution >= 0.6 is 0 Å². The van der Waals surface area contributed by atoms with Gasteiger partial charge in [-0.3, -0.25) is 20.2 Å². The highest BCUT2D eigenvalue weighted by atomic mass is 16.6. The van der Waals surface area contributed by atoms with E-state index in [1.165, 1.54) is 0 Å². The standard InChI is InChI=1S/C18H18N4O4/c23-21(24)11-15(17-3-1-9-19-17)13-5-7-14(8-6-13)16(12-22(25)26)18-4-2-10-20-18/h1-10,15-16,19-20H,11-12H2. The lowest BCUT2D eigenvalue weighted by atomic mass is 9.90. The molecule has 3 aromatic rings. The van der Waals surface area contributed by atoms with Crippen LogP contribution in [0.4, 0.5) is 0 Å². The maximum absolute atomic E-state index is 11.0. The number of aromatic amines is 2. The molecule has 1 aromatic carbocycles. The molecule has 0 bridgehead atoms. The molecule has 0 aliphatic rings. The molecule has 0 saturated carbocycles. The smallest absolute Gasteiger partial charge is 0.216 e. The first-order valence-corrected chi connectivity index (χ1v) is 8.14. The van der Waals surface area contributed by atoms with Gasteiger partial charge in [0.1, 0.15) is 0 Å². The summed E-state index contributed by atoms with van der Waals surface area (Å²) in [6.45, 7) is -0.455. The number of nitrogens with one attached hydrogen (secondary N) is 2. The molecule has 0 aliphatic heterocycles.